The molecule has 0 bridgehead atoms. The molecule has 0 aliphatic heterocycles. The highest BCUT2D eigenvalue weighted by Crippen LogP contribution is 2.30. The molecule has 2 amide bonds. The van der Waals surface area contributed by atoms with Crippen molar-refractivity contribution in [1.82, 2.24) is 10.2 Å². The molecular formula is C13H22N2O3. The molecule has 0 unspecified atom stereocenters. The van der Waals surface area contributed by atoms with Crippen LogP contribution in [-0.4, -0.2) is 40.6 Å². The predicted molar refractivity (Wildman–Crippen MR) is 69.4 cm³/mol. The number of nitrogens with zero attached hydrogens (tertiary/aromatic N) is 1. The highest BCUT2D eigenvalue weighted by Gasteiger charge is 2.43. The average Bonchev–Trinajstić information content (AvgIpc) is 2.78. The summed E-state index contributed by atoms with van der Waals surface area (Å²) in [5.41, 5.74) is -1.07. The van der Waals surface area contributed by atoms with Gasteiger partial charge < -0.3 is 15.3 Å². The second-order valence-corrected chi connectivity index (χ2v) is 4.76. The largest absolute Gasteiger partial charge is 0.480 e. The molecule has 0 aromatic rings. The van der Waals surface area contributed by atoms with E-state index in [1.165, 1.54) is 0 Å². The van der Waals surface area contributed by atoms with Crippen LogP contribution in [-0.2, 0) is 4.79 Å². The van der Waals surface area contributed by atoms with Gasteiger partial charge in [0.05, 0.1) is 0 Å². The van der Waals surface area contributed by atoms with Gasteiger partial charge in [0.15, 0.2) is 0 Å². The van der Waals surface area contributed by atoms with Crippen molar-refractivity contribution in [3.8, 4) is 0 Å². The first-order chi connectivity index (χ1) is 8.55. The highest BCUT2D eigenvalue weighted by molar-refractivity contribution is 5.86. The van der Waals surface area contributed by atoms with Gasteiger partial charge in [0.25, 0.3) is 0 Å². The summed E-state index contributed by atoms with van der Waals surface area (Å²) in [5.74, 6) is -0.927. The van der Waals surface area contributed by atoms with E-state index >= 15 is 0 Å². The standard InChI is InChI=1S/C13H22N2O3/c1-3-9-15(10-4-2)12(18)14-13(11(16)17)7-5-6-8-13/h3H,1,4-10H2,2H3,(H,14,18)(H,16,17). The molecule has 5 nitrogen and oxygen atoms in total. The van der Waals surface area contributed by atoms with Gasteiger partial charge >= 0.3 is 12.0 Å². The maximum atomic E-state index is 12.1. The number of carbonyl (C=O) groups is 2. The van der Waals surface area contributed by atoms with Gasteiger partial charge in [-0.3, -0.25) is 0 Å². The zero-order valence-corrected chi connectivity index (χ0v) is 10.9. The van der Waals surface area contributed by atoms with E-state index in [0.717, 1.165) is 19.3 Å². The van der Waals surface area contributed by atoms with E-state index < -0.39 is 11.5 Å². The molecule has 1 aliphatic carbocycles. The summed E-state index contributed by atoms with van der Waals surface area (Å²) in [6, 6.07) is -0.305. The second kappa shape index (κ2) is 6.42. The van der Waals surface area contributed by atoms with Crippen molar-refractivity contribution in [3.63, 3.8) is 0 Å². The van der Waals surface area contributed by atoms with Crippen LogP contribution in [0.5, 0.6) is 0 Å². The number of aliphatic carboxylic acids is 1. The summed E-state index contributed by atoms with van der Waals surface area (Å²) in [6.45, 7) is 6.63. The second-order valence-electron chi connectivity index (χ2n) is 4.76. The molecule has 0 heterocycles. The minimum Gasteiger partial charge on any atom is -0.480 e. The van der Waals surface area contributed by atoms with Crippen molar-refractivity contribution in [2.24, 2.45) is 0 Å². The fourth-order valence-corrected chi connectivity index (χ4v) is 2.36. The Hall–Kier alpha value is -1.52. The van der Waals surface area contributed by atoms with Crippen molar-refractivity contribution >= 4 is 12.0 Å². The Morgan fingerprint density at radius 2 is 2.06 bits per heavy atom. The number of hydrogen-bond acceptors (Lipinski definition) is 2. The first kappa shape index (κ1) is 14.5. The zero-order valence-electron chi connectivity index (χ0n) is 10.9. The van der Waals surface area contributed by atoms with Crippen LogP contribution in [0, 0.1) is 0 Å². The molecule has 0 saturated heterocycles. The van der Waals surface area contributed by atoms with E-state index in [1.807, 2.05) is 6.92 Å². The van der Waals surface area contributed by atoms with Gasteiger partial charge in [0.2, 0.25) is 0 Å². The third-order valence-electron chi connectivity index (χ3n) is 3.34. The Balaban J connectivity index is 2.70. The lowest BCUT2D eigenvalue weighted by Crippen LogP contribution is -2.56. The van der Waals surface area contributed by atoms with Crippen LogP contribution in [0.2, 0.25) is 0 Å². The molecule has 5 heteroatoms. The summed E-state index contributed by atoms with van der Waals surface area (Å²) < 4.78 is 0. The molecular weight excluding hydrogens is 232 g/mol. The monoisotopic (exact) mass is 254 g/mol. The average molecular weight is 254 g/mol. The van der Waals surface area contributed by atoms with E-state index in [0.29, 0.717) is 25.9 Å². The van der Waals surface area contributed by atoms with Crippen molar-refractivity contribution < 1.29 is 14.7 Å². The first-order valence-corrected chi connectivity index (χ1v) is 6.47. The SMILES string of the molecule is C=CCN(CCC)C(=O)NC1(C(=O)O)CCCC1. The van der Waals surface area contributed by atoms with Gasteiger partial charge in [-0.05, 0) is 19.3 Å². The Kier molecular flexibility index (Phi) is 5.19. The van der Waals surface area contributed by atoms with Gasteiger partial charge in [-0.2, -0.15) is 0 Å². The molecule has 0 aromatic heterocycles. The summed E-state index contributed by atoms with van der Waals surface area (Å²) >= 11 is 0. The van der Waals surface area contributed by atoms with Crippen LogP contribution >= 0.6 is 0 Å². The van der Waals surface area contributed by atoms with Crippen molar-refractivity contribution in [3.05, 3.63) is 12.7 Å². The number of hydrogen-bond donors (Lipinski definition) is 2. The van der Waals surface area contributed by atoms with Gasteiger partial charge in [-0.1, -0.05) is 25.8 Å². The first-order valence-electron chi connectivity index (χ1n) is 6.47. The Labute approximate surface area is 108 Å². The number of carboxylic acids is 1. The number of urea groups is 1. The lowest BCUT2D eigenvalue weighted by atomic mass is 9.98. The molecule has 102 valence electrons. The highest BCUT2D eigenvalue weighted by atomic mass is 16.4. The Bertz CT molecular complexity index is 322. The summed E-state index contributed by atoms with van der Waals surface area (Å²) in [7, 11) is 0. The molecule has 18 heavy (non-hydrogen) atoms. The molecule has 1 aliphatic rings. The molecule has 0 aromatic carbocycles. The van der Waals surface area contributed by atoms with E-state index in [9.17, 15) is 14.7 Å². The third kappa shape index (κ3) is 3.24. The number of rotatable bonds is 6. The molecule has 1 saturated carbocycles. The van der Waals surface area contributed by atoms with Crippen LogP contribution in [0.1, 0.15) is 39.0 Å². The van der Waals surface area contributed by atoms with Crippen molar-refractivity contribution in [2.75, 3.05) is 13.1 Å². The van der Waals surface area contributed by atoms with E-state index in [-0.39, 0.29) is 6.03 Å². The minimum atomic E-state index is -1.07. The Morgan fingerprint density at radius 3 is 2.50 bits per heavy atom. The van der Waals surface area contributed by atoms with Gasteiger partial charge in [0, 0.05) is 13.1 Å². The van der Waals surface area contributed by atoms with Crippen LogP contribution < -0.4 is 5.32 Å². The maximum absolute atomic E-state index is 12.1. The number of nitrogens with one attached hydrogen (secondary N) is 1. The van der Waals surface area contributed by atoms with E-state index in [2.05, 4.69) is 11.9 Å². The Morgan fingerprint density at radius 1 is 1.44 bits per heavy atom. The normalized spacial score (nSPS) is 17.2. The molecule has 0 spiro atoms. The van der Waals surface area contributed by atoms with E-state index in [4.69, 9.17) is 0 Å². The summed E-state index contributed by atoms with van der Waals surface area (Å²) in [5, 5.41) is 12.0. The number of amides is 2. The van der Waals surface area contributed by atoms with Crippen LogP contribution in [0.3, 0.4) is 0 Å². The van der Waals surface area contributed by atoms with Gasteiger partial charge in [-0.15, -0.1) is 6.58 Å². The third-order valence-corrected chi connectivity index (χ3v) is 3.34. The maximum Gasteiger partial charge on any atom is 0.329 e. The summed E-state index contributed by atoms with van der Waals surface area (Å²) in [4.78, 5) is 25.0. The number of carbonyl (C=O) groups excluding carboxylic acids is 1. The fourth-order valence-electron chi connectivity index (χ4n) is 2.36. The minimum absolute atomic E-state index is 0.305. The van der Waals surface area contributed by atoms with Crippen LogP contribution in [0.15, 0.2) is 12.7 Å². The molecule has 0 atom stereocenters. The zero-order chi connectivity index (χ0) is 13.6. The fraction of sp³-hybridized carbons (Fsp3) is 0.692. The quantitative estimate of drug-likeness (QED) is 0.712. The van der Waals surface area contributed by atoms with Crippen LogP contribution in [0.25, 0.3) is 0 Å². The summed E-state index contributed by atoms with van der Waals surface area (Å²) in [6.07, 6.45) is 5.21. The van der Waals surface area contributed by atoms with Gasteiger partial charge in [-0.25, -0.2) is 9.59 Å². The molecule has 1 rings (SSSR count). The van der Waals surface area contributed by atoms with Gasteiger partial charge in [0.1, 0.15) is 5.54 Å². The lowest BCUT2D eigenvalue weighted by Gasteiger charge is -2.29. The molecule has 2 N–H and O–H groups in total. The van der Waals surface area contributed by atoms with Crippen LogP contribution in [0.4, 0.5) is 4.79 Å². The van der Waals surface area contributed by atoms with E-state index in [1.54, 1.807) is 11.0 Å². The molecule has 0 radical (unpaired) electrons. The smallest absolute Gasteiger partial charge is 0.329 e. The topological polar surface area (TPSA) is 69.6 Å². The lowest BCUT2D eigenvalue weighted by molar-refractivity contribution is -0.144. The van der Waals surface area contributed by atoms with Crippen molar-refractivity contribution in [2.45, 2.75) is 44.6 Å². The number of carboxylic acid groups (broad SMARTS) is 1. The predicted octanol–water partition coefficient (Wildman–Crippen LogP) is 1.99. The van der Waals surface area contributed by atoms with Crippen molar-refractivity contribution in [1.29, 1.82) is 0 Å². The molecule has 1 fully saturated rings.